The molecule has 1 heteroatoms. The molecule has 0 saturated heterocycles. The summed E-state index contributed by atoms with van der Waals surface area (Å²) in [5.74, 6) is 3.17. The molecule has 0 amide bonds. The summed E-state index contributed by atoms with van der Waals surface area (Å²) in [4.78, 5) is 0. The van der Waals surface area contributed by atoms with Gasteiger partial charge >= 0.3 is 0 Å². The van der Waals surface area contributed by atoms with E-state index in [1.165, 1.54) is 12.8 Å². The predicted molar refractivity (Wildman–Crippen MR) is 59.8 cm³/mol. The fraction of sp³-hybridized carbons (Fsp3) is 0.636. The maximum Gasteiger partial charge on any atom is 0.129 e. The van der Waals surface area contributed by atoms with Gasteiger partial charge in [0, 0.05) is 0 Å². The molecule has 0 aliphatic carbocycles. The van der Waals surface area contributed by atoms with E-state index in [0.717, 1.165) is 12.0 Å². The molecular formula is C11H20Si. The lowest BCUT2D eigenvalue weighted by molar-refractivity contribution is 0.802. The third-order valence-corrected chi connectivity index (χ3v) is 2.32. The zero-order valence-corrected chi connectivity index (χ0v) is 9.83. The Morgan fingerprint density at radius 2 is 1.92 bits per heavy atom. The van der Waals surface area contributed by atoms with E-state index in [0.29, 0.717) is 0 Å². The Labute approximate surface area is 78.1 Å². The van der Waals surface area contributed by atoms with E-state index in [4.69, 9.17) is 0 Å². The van der Waals surface area contributed by atoms with Crippen LogP contribution in [0.2, 0.25) is 19.6 Å². The highest BCUT2D eigenvalue weighted by Crippen LogP contribution is 2.04. The van der Waals surface area contributed by atoms with E-state index >= 15 is 0 Å². The van der Waals surface area contributed by atoms with Gasteiger partial charge in [0.25, 0.3) is 0 Å². The Hall–Kier alpha value is -0.483. The topological polar surface area (TPSA) is 0 Å². The normalized spacial score (nSPS) is 10.3. The van der Waals surface area contributed by atoms with Crippen molar-refractivity contribution in [2.75, 3.05) is 0 Å². The van der Waals surface area contributed by atoms with Crippen LogP contribution in [0, 0.1) is 11.5 Å². The van der Waals surface area contributed by atoms with Crippen molar-refractivity contribution in [2.45, 2.75) is 45.8 Å². The summed E-state index contributed by atoms with van der Waals surface area (Å²) in [6.45, 7) is 12.9. The van der Waals surface area contributed by atoms with Crippen LogP contribution < -0.4 is 0 Å². The fourth-order valence-electron chi connectivity index (χ4n) is 0.729. The molecule has 0 bridgehead atoms. The highest BCUT2D eigenvalue weighted by atomic mass is 28.3. The van der Waals surface area contributed by atoms with Crippen molar-refractivity contribution in [1.82, 2.24) is 0 Å². The molecule has 0 nitrogen and oxygen atoms in total. The Morgan fingerprint density at radius 3 is 2.33 bits per heavy atom. The Bertz CT molecular complexity index is 197. The molecular weight excluding hydrogens is 160 g/mol. The molecule has 0 aliphatic rings. The molecule has 12 heavy (non-hydrogen) atoms. The summed E-state index contributed by atoms with van der Waals surface area (Å²) in [5, 5.41) is 0. The van der Waals surface area contributed by atoms with Gasteiger partial charge in [0.1, 0.15) is 8.07 Å². The van der Waals surface area contributed by atoms with Crippen LogP contribution in [0.5, 0.6) is 0 Å². The van der Waals surface area contributed by atoms with Crippen molar-refractivity contribution < 1.29 is 0 Å². The van der Waals surface area contributed by atoms with Crippen molar-refractivity contribution in [3.05, 3.63) is 12.2 Å². The van der Waals surface area contributed by atoms with E-state index in [1.807, 2.05) is 0 Å². The van der Waals surface area contributed by atoms with Crippen molar-refractivity contribution >= 4 is 8.07 Å². The fourth-order valence-corrected chi connectivity index (χ4v) is 1.28. The van der Waals surface area contributed by atoms with Crippen LogP contribution in [0.1, 0.15) is 26.2 Å². The summed E-state index contributed by atoms with van der Waals surface area (Å²) in [5.41, 5.74) is 4.43. The number of unbranched alkanes of at least 4 members (excludes halogenated alkanes) is 1. The summed E-state index contributed by atoms with van der Waals surface area (Å²) in [6, 6.07) is 0. The minimum Gasteiger partial charge on any atom is -0.127 e. The van der Waals surface area contributed by atoms with Gasteiger partial charge in [-0.3, -0.25) is 0 Å². The molecule has 0 radical (unpaired) electrons. The predicted octanol–water partition coefficient (Wildman–Crippen LogP) is 3.61. The smallest absolute Gasteiger partial charge is 0.127 e. The van der Waals surface area contributed by atoms with E-state index in [-0.39, 0.29) is 0 Å². The molecule has 0 unspecified atom stereocenters. The van der Waals surface area contributed by atoms with Crippen molar-refractivity contribution in [2.24, 2.45) is 0 Å². The first-order chi connectivity index (χ1) is 5.45. The van der Waals surface area contributed by atoms with Crippen LogP contribution >= 0.6 is 0 Å². The highest BCUT2D eigenvalue weighted by molar-refractivity contribution is 6.83. The van der Waals surface area contributed by atoms with E-state index in [1.54, 1.807) is 0 Å². The van der Waals surface area contributed by atoms with Crippen LogP contribution in [-0.2, 0) is 0 Å². The standard InChI is InChI=1S/C11H20Si/c1-6-7-8-11(2)9-10-12(3,4)5/h2,6-8H2,1,3-5H3. The van der Waals surface area contributed by atoms with Crippen molar-refractivity contribution in [3.8, 4) is 11.5 Å². The zero-order valence-electron chi connectivity index (χ0n) is 8.83. The number of allylic oxidation sites excluding steroid dienone is 1. The zero-order chi connectivity index (χ0) is 9.61. The molecule has 68 valence electrons. The molecule has 0 spiro atoms. The maximum atomic E-state index is 3.94. The van der Waals surface area contributed by atoms with Gasteiger partial charge in [-0.1, -0.05) is 45.5 Å². The minimum absolute atomic E-state index is 1.08. The number of hydrogen-bond acceptors (Lipinski definition) is 0. The lowest BCUT2D eigenvalue weighted by atomic mass is 10.1. The number of rotatable bonds is 3. The third-order valence-electron chi connectivity index (χ3n) is 1.45. The van der Waals surface area contributed by atoms with Gasteiger partial charge < -0.3 is 0 Å². The minimum atomic E-state index is -1.18. The SMILES string of the molecule is C=C(C#C[Si](C)(C)C)CCCC. The van der Waals surface area contributed by atoms with Gasteiger partial charge in [0.2, 0.25) is 0 Å². The average Bonchev–Trinajstić information content (AvgIpc) is 1.95. The largest absolute Gasteiger partial charge is 0.129 e. The third kappa shape index (κ3) is 7.62. The first-order valence-corrected chi connectivity index (χ1v) is 8.16. The quantitative estimate of drug-likeness (QED) is 0.460. The second-order valence-electron chi connectivity index (χ2n) is 4.21. The van der Waals surface area contributed by atoms with Gasteiger partial charge in [0.15, 0.2) is 0 Å². The molecule has 0 aromatic rings. The van der Waals surface area contributed by atoms with Crippen LogP contribution in [0.4, 0.5) is 0 Å². The second-order valence-corrected chi connectivity index (χ2v) is 8.96. The maximum absolute atomic E-state index is 3.94. The lowest BCUT2D eigenvalue weighted by Gasteiger charge is -2.03. The molecule has 0 aromatic carbocycles. The molecule has 0 rings (SSSR count). The second kappa shape index (κ2) is 5.21. The van der Waals surface area contributed by atoms with Crippen LogP contribution in [-0.4, -0.2) is 8.07 Å². The van der Waals surface area contributed by atoms with Crippen LogP contribution in [0.3, 0.4) is 0 Å². The molecule has 0 aromatic heterocycles. The van der Waals surface area contributed by atoms with Gasteiger partial charge in [-0.2, -0.15) is 0 Å². The Morgan fingerprint density at radius 1 is 1.33 bits per heavy atom. The lowest BCUT2D eigenvalue weighted by Crippen LogP contribution is -2.16. The van der Waals surface area contributed by atoms with E-state index in [2.05, 4.69) is 44.6 Å². The molecule has 0 aliphatic heterocycles. The molecule has 0 atom stereocenters. The summed E-state index contributed by atoms with van der Waals surface area (Å²) < 4.78 is 0. The van der Waals surface area contributed by atoms with Gasteiger partial charge in [-0.15, -0.1) is 5.54 Å². The Kier molecular flexibility index (Phi) is 5.00. The van der Waals surface area contributed by atoms with Gasteiger partial charge in [-0.25, -0.2) is 0 Å². The van der Waals surface area contributed by atoms with E-state index < -0.39 is 8.07 Å². The van der Waals surface area contributed by atoms with Gasteiger partial charge in [0.05, 0.1) is 0 Å². The molecule has 0 N–H and O–H groups in total. The molecule has 0 fully saturated rings. The average molecular weight is 180 g/mol. The van der Waals surface area contributed by atoms with Gasteiger partial charge in [-0.05, 0) is 18.4 Å². The summed E-state index contributed by atoms with van der Waals surface area (Å²) in [6.07, 6.45) is 3.53. The van der Waals surface area contributed by atoms with E-state index in [9.17, 15) is 0 Å². The monoisotopic (exact) mass is 180 g/mol. The number of hydrogen-bond donors (Lipinski definition) is 0. The van der Waals surface area contributed by atoms with Crippen molar-refractivity contribution in [3.63, 3.8) is 0 Å². The first-order valence-electron chi connectivity index (χ1n) is 4.66. The Balaban J connectivity index is 3.88. The molecule has 0 heterocycles. The van der Waals surface area contributed by atoms with Crippen LogP contribution in [0.25, 0.3) is 0 Å². The molecule has 0 saturated carbocycles. The first kappa shape index (κ1) is 11.5. The highest BCUT2D eigenvalue weighted by Gasteiger charge is 2.07. The summed E-state index contributed by atoms with van der Waals surface area (Å²) in [7, 11) is -1.18. The van der Waals surface area contributed by atoms with Crippen LogP contribution in [0.15, 0.2) is 12.2 Å². The summed E-state index contributed by atoms with van der Waals surface area (Å²) >= 11 is 0. The van der Waals surface area contributed by atoms with Crippen molar-refractivity contribution in [1.29, 1.82) is 0 Å².